The Kier molecular flexibility index (Phi) is 6.70. The summed E-state index contributed by atoms with van der Waals surface area (Å²) < 4.78 is 12.6. The van der Waals surface area contributed by atoms with Crippen LogP contribution in [0.2, 0.25) is 0 Å². The maximum atomic E-state index is 12.1. The first-order chi connectivity index (χ1) is 14.7. The molecule has 1 heterocycles. The van der Waals surface area contributed by atoms with Crippen LogP contribution in [0.3, 0.4) is 0 Å². The van der Waals surface area contributed by atoms with Gasteiger partial charge in [-0.15, -0.1) is 0 Å². The highest BCUT2D eigenvalue weighted by Gasteiger charge is 2.13. The molecular formula is C23H26N4O3S. The van der Waals surface area contributed by atoms with Crippen LogP contribution in [0.15, 0.2) is 52.4 Å². The zero-order chi connectivity index (χ0) is 22.6. The summed E-state index contributed by atoms with van der Waals surface area (Å²) >= 11 is 5.08. The van der Waals surface area contributed by atoms with E-state index in [1.54, 1.807) is 20.1 Å². The van der Waals surface area contributed by atoms with Crippen LogP contribution in [0.25, 0.3) is 0 Å². The van der Waals surface area contributed by atoms with Crippen LogP contribution >= 0.6 is 12.2 Å². The van der Waals surface area contributed by atoms with Crippen LogP contribution in [-0.2, 0) is 12.0 Å². The van der Waals surface area contributed by atoms with Crippen molar-refractivity contribution in [1.29, 1.82) is 0 Å². The summed E-state index contributed by atoms with van der Waals surface area (Å²) in [4.78, 5) is 12.1. The Morgan fingerprint density at radius 1 is 1.16 bits per heavy atom. The van der Waals surface area contributed by atoms with Crippen molar-refractivity contribution < 1.29 is 9.47 Å². The van der Waals surface area contributed by atoms with E-state index in [9.17, 15) is 4.79 Å². The van der Waals surface area contributed by atoms with Crippen molar-refractivity contribution in [3.05, 3.63) is 80.0 Å². The summed E-state index contributed by atoms with van der Waals surface area (Å²) in [5.41, 5.74) is 3.11. The second kappa shape index (κ2) is 9.26. The van der Waals surface area contributed by atoms with E-state index >= 15 is 0 Å². The fraction of sp³-hybridized carbons (Fsp3) is 0.304. The summed E-state index contributed by atoms with van der Waals surface area (Å²) in [7, 11) is 1.58. The number of H-pyrrole nitrogens is 1. The van der Waals surface area contributed by atoms with E-state index in [1.165, 1.54) is 11.8 Å². The van der Waals surface area contributed by atoms with Gasteiger partial charge in [0.2, 0.25) is 4.77 Å². The lowest BCUT2D eigenvalue weighted by Crippen LogP contribution is -2.22. The first-order valence-corrected chi connectivity index (χ1v) is 10.2. The van der Waals surface area contributed by atoms with Crippen molar-refractivity contribution >= 4 is 18.4 Å². The molecule has 0 saturated carbocycles. The average molecular weight is 439 g/mol. The van der Waals surface area contributed by atoms with Crippen LogP contribution in [0.4, 0.5) is 0 Å². The van der Waals surface area contributed by atoms with Gasteiger partial charge in [-0.25, -0.2) is 0 Å². The molecule has 0 saturated heterocycles. The van der Waals surface area contributed by atoms with Crippen molar-refractivity contribution in [2.75, 3.05) is 7.11 Å². The number of benzene rings is 2. The molecule has 3 rings (SSSR count). The molecule has 0 bridgehead atoms. The molecule has 0 spiro atoms. The first-order valence-electron chi connectivity index (χ1n) is 9.82. The number of hydrogen-bond donors (Lipinski definition) is 1. The summed E-state index contributed by atoms with van der Waals surface area (Å²) in [5, 5.41) is 10.6. The number of rotatable bonds is 6. The third-order valence-corrected chi connectivity index (χ3v) is 5.00. The smallest absolute Gasteiger partial charge is 0.296 e. The maximum absolute atomic E-state index is 12.1. The quantitative estimate of drug-likeness (QED) is 0.456. The van der Waals surface area contributed by atoms with Gasteiger partial charge in [-0.05, 0) is 59.4 Å². The first kappa shape index (κ1) is 22.4. The van der Waals surface area contributed by atoms with E-state index in [0.29, 0.717) is 18.1 Å². The lowest BCUT2D eigenvalue weighted by atomic mass is 9.87. The van der Waals surface area contributed by atoms with E-state index in [0.717, 1.165) is 15.8 Å². The minimum Gasteiger partial charge on any atom is -0.493 e. The van der Waals surface area contributed by atoms with Gasteiger partial charge < -0.3 is 9.47 Å². The largest absolute Gasteiger partial charge is 0.493 e. The van der Waals surface area contributed by atoms with Crippen molar-refractivity contribution in [3.8, 4) is 11.5 Å². The summed E-state index contributed by atoms with van der Waals surface area (Å²) in [6.45, 7) is 8.58. The van der Waals surface area contributed by atoms with E-state index in [2.05, 4.69) is 60.3 Å². The van der Waals surface area contributed by atoms with Gasteiger partial charge >= 0.3 is 0 Å². The Bertz CT molecular complexity index is 1210. The second-order valence-corrected chi connectivity index (χ2v) is 8.51. The van der Waals surface area contributed by atoms with E-state index in [1.807, 2.05) is 12.1 Å². The van der Waals surface area contributed by atoms with Crippen LogP contribution in [-0.4, -0.2) is 28.2 Å². The van der Waals surface area contributed by atoms with Gasteiger partial charge in [-0.3, -0.25) is 9.89 Å². The third-order valence-electron chi connectivity index (χ3n) is 4.74. The number of methoxy groups -OCH3 is 1. The highest BCUT2D eigenvalue weighted by Crippen LogP contribution is 2.29. The molecule has 1 aromatic heterocycles. The molecule has 0 atom stereocenters. The number of aromatic amines is 1. The van der Waals surface area contributed by atoms with Gasteiger partial charge in [0, 0.05) is 0 Å². The van der Waals surface area contributed by atoms with Crippen LogP contribution in [0.5, 0.6) is 11.5 Å². The molecule has 8 heteroatoms. The molecule has 0 aliphatic rings. The standard InChI is InChI=1S/C23H26N4O3S/c1-15-21(28)27(22(31)26-25-15)24-13-17-8-11-19(20(12-17)29-5)30-14-16-6-9-18(10-7-16)23(2,3)4/h6-13H,14H2,1-5H3,(H,26,31)/b24-13+. The predicted molar refractivity (Wildman–Crippen MR) is 124 cm³/mol. The molecule has 1 N–H and O–H groups in total. The van der Waals surface area contributed by atoms with Crippen molar-refractivity contribution in [3.63, 3.8) is 0 Å². The Balaban J connectivity index is 1.75. The summed E-state index contributed by atoms with van der Waals surface area (Å²) in [6, 6.07) is 13.8. The molecule has 0 aliphatic heterocycles. The minimum absolute atomic E-state index is 0.115. The Morgan fingerprint density at radius 3 is 2.52 bits per heavy atom. The third kappa shape index (κ3) is 5.46. The van der Waals surface area contributed by atoms with Crippen molar-refractivity contribution in [2.24, 2.45) is 5.10 Å². The zero-order valence-corrected chi connectivity index (χ0v) is 19.1. The number of nitrogens with one attached hydrogen (secondary N) is 1. The topological polar surface area (TPSA) is 81.5 Å². The minimum atomic E-state index is -0.371. The molecule has 7 nitrogen and oxygen atoms in total. The second-order valence-electron chi connectivity index (χ2n) is 8.12. The molecule has 31 heavy (non-hydrogen) atoms. The number of hydrogen-bond acceptors (Lipinski definition) is 6. The Labute approximate surface area is 186 Å². The highest BCUT2D eigenvalue weighted by molar-refractivity contribution is 7.71. The van der Waals surface area contributed by atoms with Gasteiger partial charge in [-0.1, -0.05) is 45.0 Å². The maximum Gasteiger partial charge on any atom is 0.296 e. The molecule has 0 radical (unpaired) electrons. The molecule has 0 aliphatic carbocycles. The van der Waals surface area contributed by atoms with Crippen LogP contribution < -0.4 is 15.0 Å². The normalized spacial score (nSPS) is 11.6. The number of aryl methyl sites for hydroxylation is 1. The number of aromatic nitrogens is 3. The fourth-order valence-corrected chi connectivity index (χ4v) is 3.02. The lowest BCUT2D eigenvalue weighted by Gasteiger charge is -2.19. The summed E-state index contributed by atoms with van der Waals surface area (Å²) in [6.07, 6.45) is 1.53. The van der Waals surface area contributed by atoms with Gasteiger partial charge in [0.1, 0.15) is 12.3 Å². The van der Waals surface area contributed by atoms with E-state index in [-0.39, 0.29) is 21.4 Å². The van der Waals surface area contributed by atoms with Crippen LogP contribution in [0.1, 0.15) is 43.2 Å². The molecule has 0 unspecified atom stereocenters. The van der Waals surface area contributed by atoms with Gasteiger partial charge in [0.25, 0.3) is 5.56 Å². The van der Waals surface area contributed by atoms with Crippen LogP contribution in [0, 0.1) is 11.7 Å². The predicted octanol–water partition coefficient (Wildman–Crippen LogP) is 4.38. The molecule has 0 amide bonds. The molecule has 3 aromatic rings. The Hall–Kier alpha value is -3.26. The van der Waals surface area contributed by atoms with E-state index < -0.39 is 0 Å². The highest BCUT2D eigenvalue weighted by atomic mass is 32.1. The molecular weight excluding hydrogens is 412 g/mol. The van der Waals surface area contributed by atoms with Crippen molar-refractivity contribution in [1.82, 2.24) is 14.9 Å². The SMILES string of the molecule is COc1cc(/C=N/n2c(=S)[nH]nc(C)c2=O)ccc1OCc1ccc(C(C)(C)C)cc1. The molecule has 0 fully saturated rings. The zero-order valence-electron chi connectivity index (χ0n) is 18.3. The average Bonchev–Trinajstić information content (AvgIpc) is 2.75. The van der Waals surface area contributed by atoms with E-state index in [4.69, 9.17) is 21.7 Å². The summed E-state index contributed by atoms with van der Waals surface area (Å²) in [5.74, 6) is 1.19. The Morgan fingerprint density at radius 2 is 1.87 bits per heavy atom. The lowest BCUT2D eigenvalue weighted by molar-refractivity contribution is 0.284. The monoisotopic (exact) mass is 438 g/mol. The van der Waals surface area contributed by atoms with Gasteiger partial charge in [0.05, 0.1) is 13.3 Å². The van der Waals surface area contributed by atoms with Crippen molar-refractivity contribution in [2.45, 2.75) is 39.7 Å². The number of ether oxygens (including phenoxy) is 2. The van der Waals surface area contributed by atoms with Gasteiger partial charge in [0.15, 0.2) is 11.5 Å². The number of nitrogens with zero attached hydrogens (tertiary/aromatic N) is 3. The van der Waals surface area contributed by atoms with Gasteiger partial charge in [-0.2, -0.15) is 14.9 Å². The molecule has 2 aromatic carbocycles. The fourth-order valence-electron chi connectivity index (χ4n) is 2.85. The molecule has 162 valence electrons.